The molecule has 0 radical (unpaired) electrons. The first-order valence-corrected chi connectivity index (χ1v) is 21.5. The third kappa shape index (κ3) is 13.6. The first-order valence-electron chi connectivity index (χ1n) is 20.0. The quantitative estimate of drug-likeness (QED) is 0.0429. The molecular weight excluding hydrogens is 742 g/mol. The second kappa shape index (κ2) is 23.0. The number of halogens is 1. The molecule has 1 unspecified atom stereocenters. The predicted octanol–water partition coefficient (Wildman–Crippen LogP) is 7.75. The summed E-state index contributed by atoms with van der Waals surface area (Å²) in [7, 11) is -4.87. The number of ether oxygens (including phenoxy) is 2. The minimum atomic E-state index is -4.87. The van der Waals surface area contributed by atoms with E-state index in [1.54, 1.807) is 18.2 Å². The molecule has 16 heteroatoms. The third-order valence-electron chi connectivity index (χ3n) is 10.3. The van der Waals surface area contributed by atoms with Gasteiger partial charge in [0.05, 0.1) is 36.6 Å². The summed E-state index contributed by atoms with van der Waals surface area (Å²) in [5, 5.41) is 45.2. The topological polar surface area (TPSA) is 218 Å². The molecule has 0 spiro atoms. The smallest absolute Gasteiger partial charge is 0.387 e. The molecule has 0 bridgehead atoms. The van der Waals surface area contributed by atoms with E-state index < -0.39 is 50.3 Å². The number of rotatable bonds is 27. The van der Waals surface area contributed by atoms with Gasteiger partial charge in [0, 0.05) is 0 Å². The lowest BCUT2D eigenvalue weighted by Gasteiger charge is -2.26. The predicted molar refractivity (Wildman–Crippen MR) is 207 cm³/mol. The molecule has 56 heavy (non-hydrogen) atoms. The van der Waals surface area contributed by atoms with Crippen molar-refractivity contribution in [2.75, 3.05) is 18.9 Å². The first kappa shape index (κ1) is 45.2. The molecule has 1 aliphatic heterocycles. The normalized spacial score (nSPS) is 21.2. The van der Waals surface area contributed by atoms with E-state index in [4.69, 9.17) is 24.3 Å². The van der Waals surface area contributed by atoms with Crippen molar-refractivity contribution in [3.05, 3.63) is 59.3 Å². The van der Waals surface area contributed by atoms with Gasteiger partial charge in [0.15, 0.2) is 5.82 Å². The molecule has 1 aromatic carbocycles. The summed E-state index contributed by atoms with van der Waals surface area (Å²) in [6, 6.07) is 10.7. The van der Waals surface area contributed by atoms with Crippen LogP contribution in [0.25, 0.3) is 5.52 Å². The second-order valence-corrected chi connectivity index (χ2v) is 16.2. The Kier molecular flexibility index (Phi) is 18.6. The van der Waals surface area contributed by atoms with Crippen LogP contribution >= 0.6 is 7.82 Å². The number of aliphatic hydroxyl groups is 2. The van der Waals surface area contributed by atoms with Crippen LogP contribution in [0.1, 0.15) is 139 Å². The van der Waals surface area contributed by atoms with Gasteiger partial charge in [-0.2, -0.15) is 15.6 Å². The van der Waals surface area contributed by atoms with Crippen molar-refractivity contribution in [2.45, 2.75) is 153 Å². The van der Waals surface area contributed by atoms with Crippen molar-refractivity contribution in [3.63, 3.8) is 0 Å². The lowest BCUT2D eigenvalue weighted by molar-refractivity contribution is -0.0763. The largest absolute Gasteiger partial charge is 0.472 e. The van der Waals surface area contributed by atoms with Crippen LogP contribution in [0.3, 0.4) is 0 Å². The molecular formula is C40H58FN6O8P. The van der Waals surface area contributed by atoms with Crippen LogP contribution in [-0.4, -0.2) is 66.8 Å². The molecule has 1 fully saturated rings. The molecule has 1 saturated heterocycles. The molecule has 6 atom stereocenters. The van der Waals surface area contributed by atoms with E-state index in [1.165, 1.54) is 100 Å². The van der Waals surface area contributed by atoms with Crippen LogP contribution in [0.2, 0.25) is 0 Å². The van der Waals surface area contributed by atoms with E-state index in [0.717, 1.165) is 31.7 Å². The standard InChI is InChI=1S/C40H58FN6O8P/c1-2-3-4-5-6-7-8-9-10-11-12-13-14-15-16-17-18-33(52-25-31-21-30(24-42)22-32(41)23-31)26-53-56(50,51)54-28-40(27-43)38(49)36(48)37(55-40)34-19-20-35-39(44)45-29-46-47(34)35/h19-23,29,33,36-38,48-49H,2-18,25-26,28H2,1H3,(H,50,51)(H2,44,45,46)/t33-,36-,37-,38-,40+/m0/s1. The number of nitrogens with two attached hydrogens (primary N) is 1. The van der Waals surface area contributed by atoms with Crippen molar-refractivity contribution in [1.82, 2.24) is 14.6 Å². The van der Waals surface area contributed by atoms with Crippen molar-refractivity contribution in [1.29, 1.82) is 10.5 Å². The molecule has 308 valence electrons. The average molecular weight is 801 g/mol. The highest BCUT2D eigenvalue weighted by Crippen LogP contribution is 2.48. The Hall–Kier alpha value is -3.50. The van der Waals surface area contributed by atoms with Crippen LogP contribution in [-0.2, 0) is 29.7 Å². The molecule has 0 amide bonds. The summed E-state index contributed by atoms with van der Waals surface area (Å²) in [5.74, 6) is -0.424. The zero-order valence-corrected chi connectivity index (χ0v) is 33.3. The lowest BCUT2D eigenvalue weighted by atomic mass is 9.96. The Morgan fingerprint density at radius 3 is 2.20 bits per heavy atom. The Bertz CT molecular complexity index is 1790. The summed E-state index contributed by atoms with van der Waals surface area (Å²) in [6.07, 6.45) is 15.7. The molecule has 14 nitrogen and oxygen atoms in total. The van der Waals surface area contributed by atoms with Crippen LogP contribution in [0.5, 0.6) is 0 Å². The number of nitrogen functional groups attached to an aromatic ring is 1. The summed E-state index contributed by atoms with van der Waals surface area (Å²) in [4.78, 5) is 14.6. The number of nitriles is 2. The molecule has 3 heterocycles. The molecule has 0 saturated carbocycles. The zero-order chi connectivity index (χ0) is 40.4. The minimum Gasteiger partial charge on any atom is -0.387 e. The van der Waals surface area contributed by atoms with E-state index in [0.29, 0.717) is 17.5 Å². The molecule has 1 aliphatic rings. The van der Waals surface area contributed by atoms with E-state index in [9.17, 15) is 34.6 Å². The Labute approximate surface area is 329 Å². The van der Waals surface area contributed by atoms with Crippen molar-refractivity contribution >= 4 is 19.2 Å². The number of phosphoric acid groups is 1. The minimum absolute atomic E-state index is 0.0717. The van der Waals surface area contributed by atoms with Crippen LogP contribution < -0.4 is 5.73 Å². The first-order chi connectivity index (χ1) is 27.0. The Morgan fingerprint density at radius 2 is 1.59 bits per heavy atom. The second-order valence-electron chi connectivity index (χ2n) is 14.7. The number of benzene rings is 1. The number of aromatic nitrogens is 3. The van der Waals surface area contributed by atoms with Gasteiger partial charge in [0.1, 0.15) is 48.6 Å². The zero-order valence-electron chi connectivity index (χ0n) is 32.4. The van der Waals surface area contributed by atoms with Crippen LogP contribution in [0.4, 0.5) is 10.2 Å². The van der Waals surface area contributed by atoms with Gasteiger partial charge in [-0.05, 0) is 42.3 Å². The summed E-state index contributed by atoms with van der Waals surface area (Å²) in [6.45, 7) is 0.876. The molecule has 4 rings (SSSR count). The van der Waals surface area contributed by atoms with Crippen molar-refractivity contribution in [2.24, 2.45) is 0 Å². The van der Waals surface area contributed by atoms with Gasteiger partial charge >= 0.3 is 7.82 Å². The van der Waals surface area contributed by atoms with E-state index in [1.807, 2.05) is 6.07 Å². The van der Waals surface area contributed by atoms with Crippen molar-refractivity contribution < 1.29 is 42.6 Å². The fourth-order valence-corrected chi connectivity index (χ4v) is 7.80. The van der Waals surface area contributed by atoms with Gasteiger partial charge in [-0.25, -0.2) is 18.5 Å². The fourth-order valence-electron chi connectivity index (χ4n) is 7.01. The highest BCUT2D eigenvalue weighted by Gasteiger charge is 2.57. The lowest BCUT2D eigenvalue weighted by Crippen LogP contribution is -2.45. The number of aliphatic hydroxyl groups excluding tert-OH is 2. The molecule has 5 N–H and O–H groups in total. The van der Waals surface area contributed by atoms with Gasteiger partial charge in [0.25, 0.3) is 0 Å². The average Bonchev–Trinajstić information content (AvgIpc) is 3.73. The van der Waals surface area contributed by atoms with Crippen LogP contribution in [0.15, 0.2) is 36.7 Å². The van der Waals surface area contributed by atoms with Gasteiger partial charge in [-0.3, -0.25) is 9.05 Å². The van der Waals surface area contributed by atoms with Gasteiger partial charge in [-0.15, -0.1) is 0 Å². The monoisotopic (exact) mass is 800 g/mol. The number of phosphoric ester groups is 1. The SMILES string of the molecule is CCCCCCCCCCCCCCCCCC[C@@H](COP(=O)(O)OC[C@@]1(C#N)O[C@@H](c2ccc3c(N)ncnn23)[C@H](O)[C@@H]1O)OCc1cc(F)cc(C#N)c1. The number of unbranched alkanes of at least 4 members (excludes halogenated alkanes) is 15. The Morgan fingerprint density at radius 1 is 0.964 bits per heavy atom. The maximum Gasteiger partial charge on any atom is 0.472 e. The number of hydrogen-bond acceptors (Lipinski definition) is 12. The van der Waals surface area contributed by atoms with Crippen LogP contribution in [0, 0.1) is 28.5 Å². The van der Waals surface area contributed by atoms with Gasteiger partial charge in [0.2, 0.25) is 5.60 Å². The Balaban J connectivity index is 1.24. The maximum absolute atomic E-state index is 14.1. The van der Waals surface area contributed by atoms with E-state index in [-0.39, 0.29) is 30.3 Å². The number of anilines is 1. The number of nitrogens with zero attached hydrogens (tertiary/aromatic N) is 5. The summed E-state index contributed by atoms with van der Waals surface area (Å²) in [5.41, 5.74) is 4.89. The van der Waals surface area contributed by atoms with Crippen molar-refractivity contribution in [3.8, 4) is 12.1 Å². The van der Waals surface area contributed by atoms with E-state index in [2.05, 4.69) is 17.0 Å². The summed E-state index contributed by atoms with van der Waals surface area (Å²) >= 11 is 0. The maximum atomic E-state index is 14.1. The fraction of sp³-hybridized carbons (Fsp3) is 0.650. The molecule has 2 aromatic heterocycles. The van der Waals surface area contributed by atoms with E-state index >= 15 is 0 Å². The summed E-state index contributed by atoms with van der Waals surface area (Å²) < 4.78 is 50.8. The van der Waals surface area contributed by atoms with Gasteiger partial charge in [-0.1, -0.05) is 110 Å². The molecule has 0 aliphatic carbocycles. The number of hydrogen-bond donors (Lipinski definition) is 4. The highest BCUT2D eigenvalue weighted by atomic mass is 31.2. The highest BCUT2D eigenvalue weighted by molar-refractivity contribution is 7.47. The number of fused-ring (bicyclic) bond motifs is 1. The third-order valence-corrected chi connectivity index (χ3v) is 11.2. The molecule has 3 aromatic rings. The van der Waals surface area contributed by atoms with Gasteiger partial charge < -0.3 is 30.3 Å².